The van der Waals surface area contributed by atoms with Crippen LogP contribution < -0.4 is 5.73 Å². The maximum absolute atomic E-state index is 5.79. The number of para-hydroxylation sites is 2. The summed E-state index contributed by atoms with van der Waals surface area (Å²) in [5.41, 5.74) is 8.34. The Morgan fingerprint density at radius 1 is 1.31 bits per heavy atom. The molecule has 2 aromatic rings. The first kappa shape index (κ1) is 7.79. The zero-order valence-electron chi connectivity index (χ0n) is 7.31. The smallest absolute Gasteiger partial charge is 0.0895 e. The van der Waals surface area contributed by atoms with Gasteiger partial charge in [0.2, 0.25) is 0 Å². The summed E-state index contributed by atoms with van der Waals surface area (Å²) in [5.74, 6) is 0. The molecule has 0 aliphatic carbocycles. The average molecular weight is 174 g/mol. The van der Waals surface area contributed by atoms with Gasteiger partial charge >= 0.3 is 0 Å². The second-order valence-electron chi connectivity index (χ2n) is 2.85. The Balaban J connectivity index is 2.59. The van der Waals surface area contributed by atoms with Crippen LogP contribution >= 0.6 is 0 Å². The van der Waals surface area contributed by atoms with E-state index in [0.29, 0.717) is 5.69 Å². The van der Waals surface area contributed by atoms with Gasteiger partial charge in [0.1, 0.15) is 0 Å². The van der Waals surface area contributed by atoms with Crippen molar-refractivity contribution in [2.45, 2.75) is 6.92 Å². The van der Waals surface area contributed by atoms with Crippen LogP contribution in [0.2, 0.25) is 0 Å². The standard InChI is InChI=1S/C9H10N4/c1-7-6-11-12-13(7)9-5-3-2-4-8(9)10/h2-6H,10H2,1H3. The van der Waals surface area contributed by atoms with Gasteiger partial charge in [-0.05, 0) is 19.1 Å². The number of anilines is 1. The molecule has 1 aromatic heterocycles. The minimum absolute atomic E-state index is 0.705. The van der Waals surface area contributed by atoms with E-state index in [4.69, 9.17) is 5.73 Å². The molecule has 0 radical (unpaired) electrons. The van der Waals surface area contributed by atoms with Crippen molar-refractivity contribution in [3.05, 3.63) is 36.2 Å². The van der Waals surface area contributed by atoms with Gasteiger partial charge in [-0.3, -0.25) is 0 Å². The Morgan fingerprint density at radius 2 is 2.08 bits per heavy atom. The van der Waals surface area contributed by atoms with E-state index >= 15 is 0 Å². The normalized spacial score (nSPS) is 10.2. The molecular weight excluding hydrogens is 164 g/mol. The van der Waals surface area contributed by atoms with E-state index in [1.54, 1.807) is 10.9 Å². The summed E-state index contributed by atoms with van der Waals surface area (Å²) in [6.07, 6.45) is 1.70. The Bertz CT molecular complexity index is 419. The van der Waals surface area contributed by atoms with Crippen LogP contribution in [0.5, 0.6) is 0 Å². The van der Waals surface area contributed by atoms with E-state index in [-0.39, 0.29) is 0 Å². The second-order valence-corrected chi connectivity index (χ2v) is 2.85. The third-order valence-corrected chi connectivity index (χ3v) is 1.88. The van der Waals surface area contributed by atoms with E-state index in [9.17, 15) is 0 Å². The van der Waals surface area contributed by atoms with Crippen molar-refractivity contribution in [2.75, 3.05) is 5.73 Å². The number of nitrogens with zero attached hydrogens (tertiary/aromatic N) is 3. The van der Waals surface area contributed by atoms with Gasteiger partial charge < -0.3 is 5.73 Å². The third kappa shape index (κ3) is 1.26. The Hall–Kier alpha value is -1.84. The fraction of sp³-hybridized carbons (Fsp3) is 0.111. The Labute approximate surface area is 76.0 Å². The summed E-state index contributed by atoms with van der Waals surface area (Å²) < 4.78 is 1.72. The highest BCUT2D eigenvalue weighted by molar-refractivity contribution is 5.57. The molecule has 2 rings (SSSR count). The molecule has 13 heavy (non-hydrogen) atoms. The molecule has 0 amide bonds. The molecule has 0 fully saturated rings. The van der Waals surface area contributed by atoms with E-state index in [0.717, 1.165) is 11.4 Å². The number of aryl methyl sites for hydroxylation is 1. The maximum atomic E-state index is 5.79. The topological polar surface area (TPSA) is 56.7 Å². The van der Waals surface area contributed by atoms with Crippen molar-refractivity contribution < 1.29 is 0 Å². The number of nitrogen functional groups attached to an aromatic ring is 1. The maximum Gasteiger partial charge on any atom is 0.0895 e. The number of rotatable bonds is 1. The van der Waals surface area contributed by atoms with Gasteiger partial charge in [0.25, 0.3) is 0 Å². The lowest BCUT2D eigenvalue weighted by Crippen LogP contribution is -2.02. The fourth-order valence-corrected chi connectivity index (χ4v) is 1.20. The van der Waals surface area contributed by atoms with Crippen molar-refractivity contribution in [1.82, 2.24) is 15.0 Å². The van der Waals surface area contributed by atoms with Crippen molar-refractivity contribution in [1.29, 1.82) is 0 Å². The lowest BCUT2D eigenvalue weighted by molar-refractivity contribution is 0.787. The summed E-state index contributed by atoms with van der Waals surface area (Å²) in [6.45, 7) is 1.94. The van der Waals surface area contributed by atoms with Gasteiger partial charge in [-0.25, -0.2) is 4.68 Å². The quantitative estimate of drug-likeness (QED) is 0.660. The number of benzene rings is 1. The van der Waals surface area contributed by atoms with Crippen molar-refractivity contribution >= 4 is 5.69 Å². The molecule has 2 N–H and O–H groups in total. The predicted molar refractivity (Wildman–Crippen MR) is 50.5 cm³/mol. The van der Waals surface area contributed by atoms with Crippen molar-refractivity contribution in [3.8, 4) is 5.69 Å². The first-order chi connectivity index (χ1) is 6.29. The van der Waals surface area contributed by atoms with Crippen molar-refractivity contribution in [2.24, 2.45) is 0 Å². The molecule has 0 aliphatic rings. The first-order valence-corrected chi connectivity index (χ1v) is 4.01. The molecular formula is C9H10N4. The zero-order chi connectivity index (χ0) is 9.26. The van der Waals surface area contributed by atoms with Gasteiger partial charge in [0.15, 0.2) is 0 Å². The van der Waals surface area contributed by atoms with E-state index in [2.05, 4.69) is 10.3 Å². The van der Waals surface area contributed by atoms with Crippen LogP contribution in [-0.2, 0) is 0 Å². The summed E-state index contributed by atoms with van der Waals surface area (Å²) in [7, 11) is 0. The SMILES string of the molecule is Cc1cnnn1-c1ccccc1N. The van der Waals surface area contributed by atoms with E-state index in [1.807, 2.05) is 31.2 Å². The second kappa shape index (κ2) is 2.90. The molecule has 0 unspecified atom stereocenters. The fourth-order valence-electron chi connectivity index (χ4n) is 1.20. The Morgan fingerprint density at radius 3 is 2.69 bits per heavy atom. The van der Waals surface area contributed by atoms with Gasteiger partial charge in [0, 0.05) is 0 Å². The van der Waals surface area contributed by atoms with Crippen LogP contribution in [0.25, 0.3) is 5.69 Å². The minimum Gasteiger partial charge on any atom is -0.397 e. The van der Waals surface area contributed by atoms with E-state index < -0.39 is 0 Å². The average Bonchev–Trinajstić information content (AvgIpc) is 2.52. The molecule has 0 atom stereocenters. The Kier molecular flexibility index (Phi) is 1.73. The molecule has 0 spiro atoms. The monoisotopic (exact) mass is 174 g/mol. The molecule has 0 aliphatic heterocycles. The number of hydrogen-bond donors (Lipinski definition) is 1. The molecule has 0 saturated carbocycles. The lowest BCUT2D eigenvalue weighted by atomic mass is 10.2. The molecule has 4 heteroatoms. The summed E-state index contributed by atoms with van der Waals surface area (Å²) in [4.78, 5) is 0. The number of aromatic nitrogens is 3. The molecule has 66 valence electrons. The first-order valence-electron chi connectivity index (χ1n) is 4.01. The molecule has 0 saturated heterocycles. The number of hydrogen-bond acceptors (Lipinski definition) is 3. The molecule has 0 bridgehead atoms. The van der Waals surface area contributed by atoms with Gasteiger partial charge in [0.05, 0.1) is 23.3 Å². The van der Waals surface area contributed by atoms with Crippen LogP contribution in [0, 0.1) is 6.92 Å². The molecule has 1 aromatic carbocycles. The lowest BCUT2D eigenvalue weighted by Gasteiger charge is -2.05. The summed E-state index contributed by atoms with van der Waals surface area (Å²) >= 11 is 0. The largest absolute Gasteiger partial charge is 0.397 e. The highest BCUT2D eigenvalue weighted by Gasteiger charge is 2.03. The van der Waals surface area contributed by atoms with Gasteiger partial charge in [-0.15, -0.1) is 5.10 Å². The summed E-state index contributed by atoms with van der Waals surface area (Å²) in [6, 6.07) is 7.57. The van der Waals surface area contributed by atoms with Gasteiger partial charge in [-0.1, -0.05) is 17.3 Å². The highest BCUT2D eigenvalue weighted by Crippen LogP contribution is 2.15. The van der Waals surface area contributed by atoms with Crippen LogP contribution in [0.3, 0.4) is 0 Å². The van der Waals surface area contributed by atoms with E-state index in [1.165, 1.54) is 0 Å². The van der Waals surface area contributed by atoms with Gasteiger partial charge in [-0.2, -0.15) is 0 Å². The van der Waals surface area contributed by atoms with Crippen LogP contribution in [0.1, 0.15) is 5.69 Å². The van der Waals surface area contributed by atoms with Crippen molar-refractivity contribution in [3.63, 3.8) is 0 Å². The third-order valence-electron chi connectivity index (χ3n) is 1.88. The number of nitrogens with two attached hydrogens (primary N) is 1. The van der Waals surface area contributed by atoms with Crippen LogP contribution in [-0.4, -0.2) is 15.0 Å². The zero-order valence-corrected chi connectivity index (χ0v) is 7.31. The minimum atomic E-state index is 0.705. The highest BCUT2D eigenvalue weighted by atomic mass is 15.4. The molecule has 1 heterocycles. The molecule has 4 nitrogen and oxygen atoms in total. The predicted octanol–water partition coefficient (Wildman–Crippen LogP) is 1.16. The van der Waals surface area contributed by atoms with Crippen LogP contribution in [0.15, 0.2) is 30.5 Å². The van der Waals surface area contributed by atoms with Crippen LogP contribution in [0.4, 0.5) is 5.69 Å². The summed E-state index contributed by atoms with van der Waals surface area (Å²) in [5, 5.41) is 7.73.